The number of fused-ring (bicyclic) bond motifs is 1. The summed E-state index contributed by atoms with van der Waals surface area (Å²) in [4.78, 5) is 8.33. The Hall–Kier alpha value is -1.44. The van der Waals surface area contributed by atoms with Crippen LogP contribution in [0.5, 0.6) is 5.88 Å². The highest BCUT2D eigenvalue weighted by Crippen LogP contribution is 2.25. The summed E-state index contributed by atoms with van der Waals surface area (Å²) >= 11 is 0. The molecule has 0 saturated carbocycles. The lowest BCUT2D eigenvalue weighted by atomic mass is 10.4. The van der Waals surface area contributed by atoms with Gasteiger partial charge in [-0.3, -0.25) is 0 Å². The number of rotatable bonds is 7. The smallest absolute Gasteiger partial charge is 0.241 e. The van der Waals surface area contributed by atoms with Crippen LogP contribution in [-0.4, -0.2) is 41.4 Å². The Labute approximate surface area is 125 Å². The fraction of sp³-hybridized carbons (Fsp3) is 0.571. The van der Waals surface area contributed by atoms with Gasteiger partial charge >= 0.3 is 0 Å². The van der Waals surface area contributed by atoms with Gasteiger partial charge in [-0.2, -0.15) is 4.98 Å². The second-order valence-corrected chi connectivity index (χ2v) is 11.8. The molecule has 2 aromatic rings. The predicted octanol–water partition coefficient (Wildman–Crippen LogP) is 2.24. The van der Waals surface area contributed by atoms with Gasteiger partial charge in [-0.25, -0.2) is 4.98 Å². The summed E-state index contributed by atoms with van der Waals surface area (Å²) in [5.41, 5.74) is 2.26. The number of ether oxygens (including phenoxy) is 2. The van der Waals surface area contributed by atoms with Crippen LogP contribution in [0.25, 0.3) is 11.0 Å². The fourth-order valence-electron chi connectivity index (χ4n) is 2.08. The van der Waals surface area contributed by atoms with Crippen LogP contribution < -0.4 is 4.74 Å². The lowest BCUT2D eigenvalue weighted by Crippen LogP contribution is -2.22. The van der Waals surface area contributed by atoms with Gasteiger partial charge in [0.15, 0.2) is 0 Å². The van der Waals surface area contributed by atoms with E-state index in [4.69, 9.17) is 9.47 Å². The summed E-state index contributed by atoms with van der Waals surface area (Å²) in [7, 11) is 0.468. The van der Waals surface area contributed by atoms with E-state index in [1.54, 1.807) is 7.11 Å². The molecule has 7 heteroatoms. The van der Waals surface area contributed by atoms with Crippen molar-refractivity contribution >= 4 is 19.1 Å². The molecule has 0 aliphatic rings. The standard InChI is InChI=1S/C14H23N3O3Si/c1-19-14-13-12(15-9-16-14)7-11(8-18)17(13)10-20-5-6-21(2,3)4/h7,9,18H,5-6,8,10H2,1-4H3. The molecular weight excluding hydrogens is 286 g/mol. The number of nitrogens with zero attached hydrogens (tertiary/aromatic N) is 3. The van der Waals surface area contributed by atoms with Crippen molar-refractivity contribution in [1.82, 2.24) is 14.5 Å². The molecule has 0 radical (unpaired) electrons. The van der Waals surface area contributed by atoms with Crippen molar-refractivity contribution in [2.45, 2.75) is 39.0 Å². The number of methoxy groups -OCH3 is 1. The van der Waals surface area contributed by atoms with Crippen LogP contribution in [0.2, 0.25) is 25.7 Å². The number of hydrogen-bond acceptors (Lipinski definition) is 5. The molecule has 0 aromatic carbocycles. The summed E-state index contributed by atoms with van der Waals surface area (Å²) in [5, 5.41) is 9.51. The maximum Gasteiger partial charge on any atom is 0.241 e. The van der Waals surface area contributed by atoms with E-state index in [1.165, 1.54) is 6.33 Å². The summed E-state index contributed by atoms with van der Waals surface area (Å²) < 4.78 is 12.9. The summed E-state index contributed by atoms with van der Waals surface area (Å²) in [6.45, 7) is 7.97. The van der Waals surface area contributed by atoms with Crippen LogP contribution in [0, 0.1) is 0 Å². The van der Waals surface area contributed by atoms with Gasteiger partial charge in [-0.15, -0.1) is 0 Å². The van der Waals surface area contributed by atoms with Crippen molar-refractivity contribution in [2.75, 3.05) is 13.7 Å². The molecule has 6 nitrogen and oxygen atoms in total. The molecule has 2 heterocycles. The third-order valence-corrected chi connectivity index (χ3v) is 5.01. The van der Waals surface area contributed by atoms with Crippen molar-refractivity contribution in [3.63, 3.8) is 0 Å². The Kier molecular flexibility index (Phi) is 4.97. The Morgan fingerprint density at radius 1 is 1.29 bits per heavy atom. The normalized spacial score (nSPS) is 12.0. The second-order valence-electron chi connectivity index (χ2n) is 6.19. The zero-order valence-corrected chi connectivity index (χ0v) is 14.1. The number of aliphatic hydroxyl groups excluding tert-OH is 1. The number of hydrogen-bond donors (Lipinski definition) is 1. The zero-order chi connectivity index (χ0) is 15.5. The van der Waals surface area contributed by atoms with Crippen molar-refractivity contribution in [3.05, 3.63) is 18.1 Å². The average Bonchev–Trinajstić information content (AvgIpc) is 2.80. The van der Waals surface area contributed by atoms with Crippen molar-refractivity contribution in [2.24, 2.45) is 0 Å². The molecule has 2 rings (SSSR count). The molecular formula is C14H23N3O3Si. The molecule has 0 aliphatic carbocycles. The monoisotopic (exact) mass is 309 g/mol. The van der Waals surface area contributed by atoms with Gasteiger partial charge in [-0.1, -0.05) is 19.6 Å². The molecule has 0 unspecified atom stereocenters. The van der Waals surface area contributed by atoms with Crippen LogP contribution in [0.4, 0.5) is 0 Å². The average molecular weight is 309 g/mol. The van der Waals surface area contributed by atoms with E-state index < -0.39 is 8.07 Å². The van der Waals surface area contributed by atoms with Crippen molar-refractivity contribution in [3.8, 4) is 5.88 Å². The molecule has 0 fully saturated rings. The first-order valence-corrected chi connectivity index (χ1v) is 10.7. The predicted molar refractivity (Wildman–Crippen MR) is 84.1 cm³/mol. The van der Waals surface area contributed by atoms with E-state index in [1.807, 2.05) is 10.6 Å². The number of aliphatic hydroxyl groups is 1. The van der Waals surface area contributed by atoms with Gasteiger partial charge in [0.25, 0.3) is 0 Å². The van der Waals surface area contributed by atoms with Gasteiger partial charge in [0.1, 0.15) is 18.6 Å². The molecule has 0 aliphatic heterocycles. The van der Waals surface area contributed by atoms with Crippen LogP contribution in [0.3, 0.4) is 0 Å². The molecule has 0 amide bonds. The van der Waals surface area contributed by atoms with Crippen LogP contribution in [0.15, 0.2) is 12.4 Å². The van der Waals surface area contributed by atoms with Crippen molar-refractivity contribution in [1.29, 1.82) is 0 Å². The van der Waals surface area contributed by atoms with Gasteiger partial charge < -0.3 is 19.1 Å². The van der Waals surface area contributed by atoms with Crippen LogP contribution in [0.1, 0.15) is 5.69 Å². The first-order valence-electron chi connectivity index (χ1n) is 7.02. The highest BCUT2D eigenvalue weighted by Gasteiger charge is 2.16. The molecule has 0 bridgehead atoms. The highest BCUT2D eigenvalue weighted by atomic mass is 28.3. The zero-order valence-electron chi connectivity index (χ0n) is 13.1. The Morgan fingerprint density at radius 2 is 2.05 bits per heavy atom. The van der Waals surface area contributed by atoms with E-state index in [0.29, 0.717) is 12.6 Å². The van der Waals surface area contributed by atoms with Gasteiger partial charge in [0.2, 0.25) is 5.88 Å². The maximum absolute atomic E-state index is 9.51. The van der Waals surface area contributed by atoms with E-state index in [-0.39, 0.29) is 6.61 Å². The summed E-state index contributed by atoms with van der Waals surface area (Å²) in [6.07, 6.45) is 1.46. The first-order chi connectivity index (χ1) is 9.96. The molecule has 116 valence electrons. The molecule has 1 N–H and O–H groups in total. The van der Waals surface area contributed by atoms with E-state index in [9.17, 15) is 5.11 Å². The second kappa shape index (κ2) is 6.55. The van der Waals surface area contributed by atoms with Gasteiger partial charge in [0.05, 0.1) is 19.2 Å². The highest BCUT2D eigenvalue weighted by molar-refractivity contribution is 6.76. The minimum absolute atomic E-state index is 0.0725. The lowest BCUT2D eigenvalue weighted by Gasteiger charge is -2.16. The van der Waals surface area contributed by atoms with Crippen molar-refractivity contribution < 1.29 is 14.6 Å². The minimum atomic E-state index is -1.11. The molecule has 0 spiro atoms. The molecule has 2 aromatic heterocycles. The van der Waals surface area contributed by atoms with Gasteiger partial charge in [0, 0.05) is 20.4 Å². The Bertz CT molecular complexity index is 607. The SMILES string of the molecule is COc1ncnc2cc(CO)n(COCC[Si](C)(C)C)c12. The Morgan fingerprint density at radius 3 is 2.67 bits per heavy atom. The van der Waals surface area contributed by atoms with Gasteiger partial charge in [-0.05, 0) is 12.1 Å². The quantitative estimate of drug-likeness (QED) is 0.627. The fourth-order valence-corrected chi connectivity index (χ4v) is 2.83. The molecule has 0 atom stereocenters. The Balaban J connectivity index is 2.21. The maximum atomic E-state index is 9.51. The number of aromatic nitrogens is 3. The summed E-state index contributed by atoms with van der Waals surface area (Å²) in [5.74, 6) is 0.494. The molecule has 21 heavy (non-hydrogen) atoms. The largest absolute Gasteiger partial charge is 0.479 e. The van der Waals surface area contributed by atoms with E-state index in [2.05, 4.69) is 29.6 Å². The molecule has 0 saturated heterocycles. The van der Waals surface area contributed by atoms with Crippen LogP contribution in [-0.2, 0) is 18.1 Å². The lowest BCUT2D eigenvalue weighted by molar-refractivity contribution is 0.0850. The third kappa shape index (κ3) is 3.81. The van der Waals surface area contributed by atoms with E-state index in [0.717, 1.165) is 29.4 Å². The summed E-state index contributed by atoms with van der Waals surface area (Å²) in [6, 6.07) is 2.94. The van der Waals surface area contributed by atoms with Crippen LogP contribution >= 0.6 is 0 Å². The third-order valence-electron chi connectivity index (χ3n) is 3.31. The minimum Gasteiger partial charge on any atom is -0.479 e. The van der Waals surface area contributed by atoms with E-state index >= 15 is 0 Å². The topological polar surface area (TPSA) is 69.4 Å². The first kappa shape index (κ1) is 15.9.